The first kappa shape index (κ1) is 19.4. The van der Waals surface area contributed by atoms with E-state index in [1.54, 1.807) is 11.3 Å². The molecule has 0 saturated carbocycles. The third-order valence-electron chi connectivity index (χ3n) is 5.00. The van der Waals surface area contributed by atoms with Crippen LogP contribution in [0, 0.1) is 5.82 Å². The van der Waals surface area contributed by atoms with Crippen molar-refractivity contribution in [1.29, 1.82) is 0 Å². The Labute approximate surface area is 158 Å². The summed E-state index contributed by atoms with van der Waals surface area (Å²) < 4.78 is 41.4. The van der Waals surface area contributed by atoms with Crippen molar-refractivity contribution in [1.82, 2.24) is 4.72 Å². The third kappa shape index (κ3) is 4.50. The molecule has 5 nitrogen and oxygen atoms in total. The quantitative estimate of drug-likeness (QED) is 0.625. The van der Waals surface area contributed by atoms with E-state index in [0.29, 0.717) is 0 Å². The van der Waals surface area contributed by atoms with Crippen molar-refractivity contribution in [2.45, 2.75) is 23.9 Å². The smallest absolute Gasteiger partial charge is 0.241 e. The normalized spacial score (nSPS) is 23.5. The van der Waals surface area contributed by atoms with E-state index in [9.17, 15) is 12.8 Å². The predicted octanol–water partition coefficient (Wildman–Crippen LogP) is -0.291. The van der Waals surface area contributed by atoms with E-state index in [-0.39, 0.29) is 17.0 Å². The van der Waals surface area contributed by atoms with E-state index < -0.39 is 15.8 Å². The van der Waals surface area contributed by atoms with E-state index in [1.165, 1.54) is 38.9 Å². The number of likely N-dealkylation sites (N-methyl/N-ethyl adjacent to an activating group) is 1. The summed E-state index contributed by atoms with van der Waals surface area (Å²) in [5.41, 5.74) is 0. The van der Waals surface area contributed by atoms with Gasteiger partial charge in [-0.2, -0.15) is 0 Å². The Morgan fingerprint density at radius 3 is 2.35 bits per heavy atom. The first-order valence-electron chi connectivity index (χ1n) is 8.84. The molecule has 1 aromatic heterocycles. The molecule has 2 heterocycles. The van der Waals surface area contributed by atoms with Crippen LogP contribution in [0.25, 0.3) is 0 Å². The highest BCUT2D eigenvalue weighted by Crippen LogP contribution is 2.21. The van der Waals surface area contributed by atoms with Crippen molar-refractivity contribution in [2.24, 2.45) is 0 Å². The van der Waals surface area contributed by atoms with Crippen LogP contribution in [-0.2, 0) is 10.0 Å². The van der Waals surface area contributed by atoms with Gasteiger partial charge in [0.1, 0.15) is 38.0 Å². The first-order chi connectivity index (χ1) is 12.4. The molecule has 0 radical (unpaired) electrons. The van der Waals surface area contributed by atoms with Crippen LogP contribution < -0.4 is 14.5 Å². The van der Waals surface area contributed by atoms with Crippen molar-refractivity contribution in [3.63, 3.8) is 0 Å². The Hall–Kier alpha value is -1.32. The summed E-state index contributed by atoms with van der Waals surface area (Å²) in [4.78, 5) is 4.20. The molecule has 3 rings (SSSR count). The van der Waals surface area contributed by atoms with E-state index in [0.717, 1.165) is 26.2 Å². The van der Waals surface area contributed by atoms with Crippen molar-refractivity contribution >= 4 is 21.4 Å². The van der Waals surface area contributed by atoms with Gasteiger partial charge in [-0.15, -0.1) is 11.3 Å². The average Bonchev–Trinajstić information content (AvgIpc) is 3.11. The van der Waals surface area contributed by atoms with Crippen LogP contribution >= 0.6 is 11.3 Å². The molecule has 1 aliphatic heterocycles. The summed E-state index contributed by atoms with van der Waals surface area (Å²) in [6.45, 7) is 6.10. The molecule has 2 atom stereocenters. The monoisotopic (exact) mass is 399 g/mol. The first-order valence-corrected chi connectivity index (χ1v) is 11.2. The maximum atomic E-state index is 13.1. The molecule has 0 bridgehead atoms. The van der Waals surface area contributed by atoms with E-state index >= 15 is 0 Å². The fraction of sp³-hybridized carbons (Fsp3) is 0.444. The standard InChI is InChI=1S/C18H24FN3O2S2/c1-14(20-26(23,24)16-7-5-15(19)6-8-16)18(17-4-3-13-25-17)22-11-9-21(2)10-12-22/h3-8,13-14,18,20H,9-12H2,1-2H3/p+2/t14-,18-/m0/s1. The molecule has 142 valence electrons. The molecule has 0 amide bonds. The molecule has 1 fully saturated rings. The predicted molar refractivity (Wildman–Crippen MR) is 101 cm³/mol. The van der Waals surface area contributed by atoms with Gasteiger partial charge in [-0.3, -0.25) is 0 Å². The summed E-state index contributed by atoms with van der Waals surface area (Å²) in [5, 5.41) is 2.03. The van der Waals surface area contributed by atoms with Crippen LogP contribution in [0.4, 0.5) is 4.39 Å². The lowest BCUT2D eigenvalue weighted by molar-refractivity contribution is -1.02. The number of halogens is 1. The van der Waals surface area contributed by atoms with Gasteiger partial charge in [0.05, 0.1) is 22.9 Å². The zero-order valence-electron chi connectivity index (χ0n) is 15.0. The number of sulfonamides is 1. The number of nitrogens with one attached hydrogen (secondary N) is 3. The van der Waals surface area contributed by atoms with Crippen molar-refractivity contribution < 1.29 is 22.6 Å². The SMILES string of the molecule is C[C@H](NS(=O)(=O)c1ccc(F)cc1)[C@@H](c1cccs1)[NH+]1CC[NH+](C)CC1. The summed E-state index contributed by atoms with van der Waals surface area (Å²) in [6.07, 6.45) is 0. The number of piperazine rings is 1. The second-order valence-corrected chi connectivity index (χ2v) is 9.67. The van der Waals surface area contributed by atoms with Gasteiger partial charge in [-0.25, -0.2) is 17.5 Å². The lowest BCUT2D eigenvalue weighted by Gasteiger charge is -2.35. The minimum Gasteiger partial charge on any atom is -0.328 e. The van der Waals surface area contributed by atoms with Gasteiger partial charge < -0.3 is 9.80 Å². The summed E-state index contributed by atoms with van der Waals surface area (Å²) in [5.74, 6) is -0.446. The van der Waals surface area contributed by atoms with Crippen LogP contribution in [0.5, 0.6) is 0 Å². The van der Waals surface area contributed by atoms with E-state index in [4.69, 9.17) is 0 Å². The molecule has 1 saturated heterocycles. The second-order valence-electron chi connectivity index (χ2n) is 6.97. The third-order valence-corrected chi connectivity index (χ3v) is 7.53. The topological polar surface area (TPSA) is 55.0 Å². The number of hydrogen-bond acceptors (Lipinski definition) is 3. The Kier molecular flexibility index (Phi) is 6.09. The van der Waals surface area contributed by atoms with Crippen molar-refractivity contribution in [3.05, 3.63) is 52.5 Å². The average molecular weight is 400 g/mol. The molecule has 0 aliphatic carbocycles. The fourth-order valence-electron chi connectivity index (χ4n) is 3.57. The highest BCUT2D eigenvalue weighted by atomic mass is 32.2. The van der Waals surface area contributed by atoms with E-state index in [1.807, 2.05) is 18.4 Å². The van der Waals surface area contributed by atoms with Gasteiger partial charge in [0, 0.05) is 0 Å². The number of rotatable bonds is 6. The lowest BCUT2D eigenvalue weighted by atomic mass is 10.1. The lowest BCUT2D eigenvalue weighted by Crippen LogP contribution is -3.27. The van der Waals surface area contributed by atoms with Gasteiger partial charge in [0.15, 0.2) is 0 Å². The molecule has 2 aromatic rings. The van der Waals surface area contributed by atoms with Crippen LogP contribution in [-0.4, -0.2) is 47.7 Å². The largest absolute Gasteiger partial charge is 0.328 e. The minimum absolute atomic E-state index is 0.0679. The van der Waals surface area contributed by atoms with Crippen LogP contribution in [0.3, 0.4) is 0 Å². The summed E-state index contributed by atoms with van der Waals surface area (Å²) >= 11 is 1.67. The zero-order valence-corrected chi connectivity index (χ0v) is 16.7. The van der Waals surface area contributed by atoms with Crippen molar-refractivity contribution in [2.75, 3.05) is 33.2 Å². The van der Waals surface area contributed by atoms with Crippen LogP contribution in [0.2, 0.25) is 0 Å². The fourth-order valence-corrected chi connectivity index (χ4v) is 5.82. The van der Waals surface area contributed by atoms with Crippen molar-refractivity contribution in [3.8, 4) is 0 Å². The van der Waals surface area contributed by atoms with Gasteiger partial charge in [0.25, 0.3) is 0 Å². The summed E-state index contributed by atoms with van der Waals surface area (Å²) in [7, 11) is -1.50. The minimum atomic E-state index is -3.69. The molecule has 8 heteroatoms. The molecule has 26 heavy (non-hydrogen) atoms. The number of quaternary nitrogens is 2. The molecular formula is C18H26FN3O2S2+2. The highest BCUT2D eigenvalue weighted by molar-refractivity contribution is 7.89. The highest BCUT2D eigenvalue weighted by Gasteiger charge is 2.36. The molecule has 0 spiro atoms. The second kappa shape index (κ2) is 8.14. The van der Waals surface area contributed by atoms with Gasteiger partial charge >= 0.3 is 0 Å². The Balaban J connectivity index is 1.81. The molecule has 0 unspecified atom stereocenters. The van der Waals surface area contributed by atoms with Gasteiger partial charge in [0.2, 0.25) is 10.0 Å². The maximum Gasteiger partial charge on any atom is 0.241 e. The summed E-state index contributed by atoms with van der Waals surface area (Å²) in [6, 6.07) is 8.84. The van der Waals surface area contributed by atoms with Crippen LogP contribution in [0.1, 0.15) is 17.8 Å². The zero-order chi connectivity index (χ0) is 18.7. The number of benzene rings is 1. The molecular weight excluding hydrogens is 373 g/mol. The van der Waals surface area contributed by atoms with Gasteiger partial charge in [-0.1, -0.05) is 6.07 Å². The Bertz CT molecular complexity index is 801. The molecule has 1 aromatic carbocycles. The molecule has 1 aliphatic rings. The van der Waals surface area contributed by atoms with Crippen LogP contribution in [0.15, 0.2) is 46.7 Å². The number of thiophene rings is 1. The molecule has 3 N–H and O–H groups in total. The van der Waals surface area contributed by atoms with Gasteiger partial charge in [-0.05, 0) is 42.6 Å². The number of hydrogen-bond donors (Lipinski definition) is 3. The Morgan fingerprint density at radius 1 is 1.12 bits per heavy atom. The van der Waals surface area contributed by atoms with E-state index in [2.05, 4.69) is 17.8 Å². The maximum absolute atomic E-state index is 13.1. The Morgan fingerprint density at radius 2 is 1.77 bits per heavy atom.